The van der Waals surface area contributed by atoms with E-state index < -0.39 is 35.2 Å². The van der Waals surface area contributed by atoms with Gasteiger partial charge in [0.2, 0.25) is 11.8 Å². The van der Waals surface area contributed by atoms with E-state index in [1.54, 1.807) is 18.2 Å². The summed E-state index contributed by atoms with van der Waals surface area (Å²) in [6.07, 6.45) is 3.81. The van der Waals surface area contributed by atoms with Gasteiger partial charge >= 0.3 is 0 Å². The first kappa shape index (κ1) is 21.7. The van der Waals surface area contributed by atoms with E-state index >= 15 is 0 Å². The Bertz CT molecular complexity index is 1220. The summed E-state index contributed by atoms with van der Waals surface area (Å²) in [6.45, 7) is 5.54. The third kappa shape index (κ3) is 3.11. The Morgan fingerprint density at radius 3 is 2.42 bits per heavy atom. The van der Waals surface area contributed by atoms with Gasteiger partial charge in [-0.25, -0.2) is 4.90 Å². The Hall–Kier alpha value is -3.12. The number of hydrogen-bond acceptors (Lipinski definition) is 5. The van der Waals surface area contributed by atoms with Crippen LogP contribution in [-0.4, -0.2) is 35.6 Å². The first-order valence-electron chi connectivity index (χ1n) is 11.0. The van der Waals surface area contributed by atoms with Crippen molar-refractivity contribution in [2.45, 2.75) is 32.9 Å². The fraction of sp³-hybridized carbons (Fsp3) is 0.346. The number of benzene rings is 2. The Kier molecular flexibility index (Phi) is 4.90. The monoisotopic (exact) mass is 464 g/mol. The molecule has 2 saturated heterocycles. The molecule has 3 heterocycles. The number of rotatable bonds is 3. The van der Waals surface area contributed by atoms with E-state index in [9.17, 15) is 14.4 Å². The zero-order chi connectivity index (χ0) is 23.7. The molecule has 0 radical (unpaired) electrons. The van der Waals surface area contributed by atoms with Crippen LogP contribution in [0.1, 0.15) is 37.9 Å². The molecule has 3 aliphatic heterocycles. The molecule has 170 valence electrons. The Balaban J connectivity index is 1.69. The summed E-state index contributed by atoms with van der Waals surface area (Å²) in [5.74, 6) is -1.91. The molecule has 0 spiro atoms. The van der Waals surface area contributed by atoms with Crippen LogP contribution in [0.4, 0.5) is 5.69 Å². The number of anilines is 1. The van der Waals surface area contributed by atoms with Gasteiger partial charge in [0.05, 0.1) is 30.7 Å². The van der Waals surface area contributed by atoms with E-state index in [4.69, 9.17) is 16.3 Å². The molecule has 33 heavy (non-hydrogen) atoms. The van der Waals surface area contributed by atoms with Crippen molar-refractivity contribution in [3.63, 3.8) is 0 Å². The second-order valence-electron chi connectivity index (χ2n) is 9.78. The molecule has 2 aromatic carbocycles. The highest BCUT2D eigenvalue weighted by Crippen LogP contribution is 2.55. The molecule has 7 heteroatoms. The van der Waals surface area contributed by atoms with Gasteiger partial charge in [0.1, 0.15) is 11.8 Å². The summed E-state index contributed by atoms with van der Waals surface area (Å²) in [4.78, 5) is 44.5. The number of halogens is 1. The van der Waals surface area contributed by atoms with Gasteiger partial charge in [-0.3, -0.25) is 14.4 Å². The second kappa shape index (κ2) is 7.45. The van der Waals surface area contributed by atoms with E-state index in [2.05, 4.69) is 0 Å². The summed E-state index contributed by atoms with van der Waals surface area (Å²) in [5.41, 5.74) is 1.56. The quantitative estimate of drug-likeness (QED) is 0.626. The molecule has 6 nitrogen and oxygen atoms in total. The molecule has 2 fully saturated rings. The van der Waals surface area contributed by atoms with Crippen molar-refractivity contribution in [1.29, 1.82) is 0 Å². The maximum absolute atomic E-state index is 13.9. The lowest BCUT2D eigenvalue weighted by Crippen LogP contribution is -2.47. The van der Waals surface area contributed by atoms with Crippen LogP contribution in [0.15, 0.2) is 48.7 Å². The highest BCUT2D eigenvalue weighted by atomic mass is 35.5. The predicted molar refractivity (Wildman–Crippen MR) is 126 cm³/mol. The normalized spacial score (nSPS) is 25.7. The zero-order valence-corrected chi connectivity index (χ0v) is 19.7. The average molecular weight is 465 g/mol. The number of ether oxygens (including phenoxy) is 1. The highest BCUT2D eigenvalue weighted by molar-refractivity contribution is 6.32. The van der Waals surface area contributed by atoms with Gasteiger partial charge in [0.25, 0.3) is 0 Å². The summed E-state index contributed by atoms with van der Waals surface area (Å²) >= 11 is 6.21. The van der Waals surface area contributed by atoms with Crippen molar-refractivity contribution >= 4 is 41.0 Å². The average Bonchev–Trinajstić information content (AvgIpc) is 3.25. The number of carbonyl (C=O) groups is 3. The minimum atomic E-state index is -0.797. The zero-order valence-electron chi connectivity index (χ0n) is 18.9. The third-order valence-electron chi connectivity index (χ3n) is 6.85. The largest absolute Gasteiger partial charge is 0.495 e. The first-order valence-corrected chi connectivity index (χ1v) is 11.3. The number of imide groups is 1. The van der Waals surface area contributed by atoms with Crippen LogP contribution in [-0.2, 0) is 14.4 Å². The van der Waals surface area contributed by atoms with Gasteiger partial charge in [-0.1, -0.05) is 56.6 Å². The van der Waals surface area contributed by atoms with E-state index in [1.165, 1.54) is 12.0 Å². The van der Waals surface area contributed by atoms with Crippen molar-refractivity contribution in [3.8, 4) is 5.75 Å². The van der Waals surface area contributed by atoms with E-state index in [0.29, 0.717) is 16.5 Å². The number of ketones is 1. The molecule has 0 N–H and O–H groups in total. The molecule has 0 aromatic heterocycles. The standard InChI is InChI=1S/C26H25ClN2O4/c1-26(2,3)23(30)22-20-19(21-16-8-6-5-7-14(16)11-12-28(21)22)24(31)29(25(20)32)17-13-15(27)9-10-18(17)33-4/h5-13,19-22H,1-4H3/t19-,20+,21+,22+/m0/s1. The van der Waals surface area contributed by atoms with Crippen LogP contribution >= 0.6 is 11.6 Å². The van der Waals surface area contributed by atoms with Crippen molar-refractivity contribution in [2.24, 2.45) is 17.3 Å². The Labute approximate surface area is 197 Å². The number of fused-ring (bicyclic) bond motifs is 5. The van der Waals surface area contributed by atoms with E-state index in [0.717, 1.165) is 11.1 Å². The molecular weight excluding hydrogens is 440 g/mol. The number of methoxy groups -OCH3 is 1. The maximum Gasteiger partial charge on any atom is 0.240 e. The van der Waals surface area contributed by atoms with Crippen molar-refractivity contribution in [2.75, 3.05) is 12.0 Å². The van der Waals surface area contributed by atoms with Crippen LogP contribution in [0.2, 0.25) is 5.02 Å². The van der Waals surface area contributed by atoms with Crippen LogP contribution < -0.4 is 9.64 Å². The molecular formula is C26H25ClN2O4. The fourth-order valence-electron chi connectivity index (χ4n) is 5.38. The molecule has 5 rings (SSSR count). The summed E-state index contributed by atoms with van der Waals surface area (Å²) in [7, 11) is 1.48. The molecule has 2 aromatic rings. The molecule has 3 aliphatic rings. The second-order valence-corrected chi connectivity index (χ2v) is 10.2. The smallest absolute Gasteiger partial charge is 0.240 e. The number of nitrogens with zero attached hydrogens (tertiary/aromatic N) is 2. The number of Topliss-reactive ketones (excluding diaryl/α,β-unsaturated/α-hetero) is 1. The van der Waals surface area contributed by atoms with Gasteiger partial charge in [-0.05, 0) is 35.4 Å². The highest BCUT2D eigenvalue weighted by Gasteiger charge is 2.65. The lowest BCUT2D eigenvalue weighted by Gasteiger charge is -2.37. The Morgan fingerprint density at radius 1 is 1.03 bits per heavy atom. The lowest BCUT2D eigenvalue weighted by molar-refractivity contribution is -0.135. The third-order valence-corrected chi connectivity index (χ3v) is 7.09. The van der Waals surface area contributed by atoms with Gasteiger partial charge in [-0.2, -0.15) is 0 Å². The summed E-state index contributed by atoms with van der Waals surface area (Å²) in [6, 6.07) is 11.5. The number of carbonyl (C=O) groups excluding carboxylic acids is 3. The predicted octanol–water partition coefficient (Wildman–Crippen LogP) is 4.48. The van der Waals surface area contributed by atoms with E-state index in [1.807, 2.05) is 62.2 Å². The molecule has 0 saturated carbocycles. The van der Waals surface area contributed by atoms with Crippen LogP contribution in [0.3, 0.4) is 0 Å². The topological polar surface area (TPSA) is 66.9 Å². The Morgan fingerprint density at radius 2 is 1.73 bits per heavy atom. The molecule has 4 atom stereocenters. The maximum atomic E-state index is 13.9. The molecule has 0 bridgehead atoms. The van der Waals surface area contributed by atoms with Crippen molar-refractivity contribution in [3.05, 3.63) is 64.8 Å². The lowest BCUT2D eigenvalue weighted by atomic mass is 9.79. The minimum Gasteiger partial charge on any atom is -0.495 e. The van der Waals surface area contributed by atoms with Crippen LogP contribution in [0.5, 0.6) is 5.75 Å². The summed E-state index contributed by atoms with van der Waals surface area (Å²) < 4.78 is 5.43. The van der Waals surface area contributed by atoms with Gasteiger partial charge < -0.3 is 9.64 Å². The molecule has 0 aliphatic carbocycles. The SMILES string of the molecule is COc1ccc(Cl)cc1N1C(=O)[C@@H]2[C@H](C1=O)[C@H]1c3ccccc3C=CN1[C@H]2C(=O)C(C)(C)C. The van der Waals surface area contributed by atoms with Crippen molar-refractivity contribution in [1.82, 2.24) is 4.90 Å². The number of hydrogen-bond donors (Lipinski definition) is 0. The molecule has 2 amide bonds. The van der Waals surface area contributed by atoms with Crippen molar-refractivity contribution < 1.29 is 19.1 Å². The first-order chi connectivity index (χ1) is 15.6. The molecule has 0 unspecified atom stereocenters. The summed E-state index contributed by atoms with van der Waals surface area (Å²) in [5, 5.41) is 0.387. The number of amides is 2. The van der Waals surface area contributed by atoms with E-state index in [-0.39, 0.29) is 11.7 Å². The van der Waals surface area contributed by atoms with Crippen LogP contribution in [0.25, 0.3) is 6.08 Å². The fourth-order valence-corrected chi connectivity index (χ4v) is 5.54. The minimum absolute atomic E-state index is 0.0647. The van der Waals surface area contributed by atoms with Crippen LogP contribution in [0, 0.1) is 17.3 Å². The van der Waals surface area contributed by atoms with Gasteiger partial charge in [0.15, 0.2) is 5.78 Å². The van der Waals surface area contributed by atoms with Gasteiger partial charge in [-0.15, -0.1) is 0 Å². The van der Waals surface area contributed by atoms with Gasteiger partial charge in [0, 0.05) is 16.6 Å².